The average molecular weight is 336 g/mol. The van der Waals surface area contributed by atoms with E-state index in [1.165, 1.54) is 0 Å². The minimum absolute atomic E-state index is 0.0233. The Balaban J connectivity index is 2.57. The summed E-state index contributed by atoms with van der Waals surface area (Å²) in [5.41, 5.74) is 2.77. The van der Waals surface area contributed by atoms with Crippen LogP contribution in [0.3, 0.4) is 0 Å². The van der Waals surface area contributed by atoms with Crippen LogP contribution in [0.1, 0.15) is 25.0 Å². The molecule has 0 aliphatic carbocycles. The van der Waals surface area contributed by atoms with Crippen LogP contribution in [0.5, 0.6) is 0 Å². The number of hydrogen-bond acceptors (Lipinski definition) is 4. The summed E-state index contributed by atoms with van der Waals surface area (Å²) < 4.78 is 4.65. The van der Waals surface area contributed by atoms with Gasteiger partial charge in [-0.05, 0) is 38.8 Å². The van der Waals surface area contributed by atoms with Gasteiger partial charge in [-0.15, -0.1) is 0 Å². The van der Waals surface area contributed by atoms with Crippen molar-refractivity contribution in [1.82, 2.24) is 5.32 Å². The van der Waals surface area contributed by atoms with Gasteiger partial charge in [0.25, 0.3) is 11.8 Å². The number of anilines is 1. The zero-order valence-electron chi connectivity index (χ0n) is 14.7. The van der Waals surface area contributed by atoms with E-state index >= 15 is 0 Å². The number of imide groups is 1. The second kappa shape index (κ2) is 9.67. The zero-order chi connectivity index (χ0) is 18.1. The summed E-state index contributed by atoms with van der Waals surface area (Å²) in [5, 5.41) is 5.03. The Bertz CT molecular complexity index is 581. The van der Waals surface area contributed by atoms with E-state index in [9.17, 15) is 14.4 Å². The van der Waals surface area contributed by atoms with E-state index in [0.29, 0.717) is 6.54 Å². The van der Waals surface area contributed by atoms with Crippen LogP contribution < -0.4 is 15.5 Å². The van der Waals surface area contributed by atoms with Gasteiger partial charge in [-0.25, -0.2) is 4.79 Å². The Morgan fingerprint density at radius 1 is 1.04 bits per heavy atom. The number of carbonyl (C=O) groups excluding carboxylic acids is 3. The summed E-state index contributed by atoms with van der Waals surface area (Å²) in [6.45, 7) is 8.33. The molecule has 0 heterocycles. The molecule has 0 aliphatic heterocycles. The molecule has 7 nitrogen and oxygen atoms in total. The first-order chi connectivity index (χ1) is 11.4. The summed E-state index contributed by atoms with van der Waals surface area (Å²) in [4.78, 5) is 36.0. The van der Waals surface area contributed by atoms with Crippen LogP contribution in [0.15, 0.2) is 18.2 Å². The predicted molar refractivity (Wildman–Crippen MR) is 90.9 cm³/mol. The van der Waals surface area contributed by atoms with Crippen molar-refractivity contribution in [2.24, 2.45) is 0 Å². The molecule has 1 rings (SSSR count). The molecule has 1 unspecified atom stereocenters. The van der Waals surface area contributed by atoms with Crippen LogP contribution in [-0.4, -0.2) is 44.1 Å². The Morgan fingerprint density at radius 2 is 1.62 bits per heavy atom. The lowest BCUT2D eigenvalue weighted by Crippen LogP contribution is -3.14. The molecule has 3 N–H and O–H groups in total. The minimum Gasteiger partial charge on any atom is -0.450 e. The van der Waals surface area contributed by atoms with Gasteiger partial charge >= 0.3 is 6.09 Å². The summed E-state index contributed by atoms with van der Waals surface area (Å²) in [6, 6.07) is 5.79. The van der Waals surface area contributed by atoms with E-state index in [1.807, 2.05) is 39.0 Å². The molecule has 0 aromatic heterocycles. The minimum atomic E-state index is -0.766. The number of alkyl carbamates (subject to hydrolysis) is 1. The van der Waals surface area contributed by atoms with Crippen molar-refractivity contribution < 1.29 is 24.0 Å². The summed E-state index contributed by atoms with van der Waals surface area (Å²) in [7, 11) is 0. The number of hydrogen-bond donors (Lipinski definition) is 3. The van der Waals surface area contributed by atoms with Crippen LogP contribution in [0.2, 0.25) is 0 Å². The maximum atomic E-state index is 12.2. The maximum absolute atomic E-state index is 12.2. The van der Waals surface area contributed by atoms with Gasteiger partial charge in [-0.1, -0.05) is 18.2 Å². The Labute approximate surface area is 142 Å². The molecule has 1 aromatic carbocycles. The van der Waals surface area contributed by atoms with Crippen LogP contribution in [-0.2, 0) is 14.3 Å². The lowest BCUT2D eigenvalue weighted by molar-refractivity contribution is -0.881. The van der Waals surface area contributed by atoms with Crippen LogP contribution in [0, 0.1) is 13.8 Å². The summed E-state index contributed by atoms with van der Waals surface area (Å²) >= 11 is 0. The summed E-state index contributed by atoms with van der Waals surface area (Å²) in [5.74, 6) is -0.640. The van der Waals surface area contributed by atoms with Crippen molar-refractivity contribution in [3.05, 3.63) is 29.3 Å². The third-order valence-corrected chi connectivity index (χ3v) is 3.58. The molecular formula is C17H26N3O4+. The lowest BCUT2D eigenvalue weighted by atomic mass is 10.1. The number of quaternary nitrogens is 1. The Morgan fingerprint density at radius 3 is 2.17 bits per heavy atom. The van der Waals surface area contributed by atoms with Gasteiger partial charge in [0.2, 0.25) is 0 Å². The number of benzene rings is 1. The first-order valence-corrected chi connectivity index (χ1v) is 8.03. The van der Waals surface area contributed by atoms with Gasteiger partial charge in [-0.2, -0.15) is 0 Å². The van der Waals surface area contributed by atoms with Gasteiger partial charge in [-0.3, -0.25) is 14.9 Å². The van der Waals surface area contributed by atoms with Crippen molar-refractivity contribution in [3.63, 3.8) is 0 Å². The zero-order valence-corrected chi connectivity index (χ0v) is 14.7. The van der Waals surface area contributed by atoms with E-state index in [1.54, 1.807) is 6.92 Å². The van der Waals surface area contributed by atoms with E-state index in [4.69, 9.17) is 0 Å². The molecular weight excluding hydrogens is 310 g/mol. The second-order valence-electron chi connectivity index (χ2n) is 5.54. The first kappa shape index (κ1) is 19.6. The van der Waals surface area contributed by atoms with Crippen molar-refractivity contribution in [1.29, 1.82) is 0 Å². The number of aryl methyl sites for hydroxylation is 2. The molecule has 1 aromatic rings. The Kier molecular flexibility index (Phi) is 7.91. The van der Waals surface area contributed by atoms with Gasteiger partial charge in [0.1, 0.15) is 0 Å². The number of nitrogens with one attached hydrogen (secondary N) is 3. The number of amides is 3. The van der Waals surface area contributed by atoms with Crippen LogP contribution in [0.4, 0.5) is 10.5 Å². The number of ether oxygens (including phenoxy) is 1. The van der Waals surface area contributed by atoms with Crippen LogP contribution in [0.25, 0.3) is 0 Å². The fraction of sp³-hybridized carbons (Fsp3) is 0.471. The number of carbonyl (C=O) groups is 3. The second-order valence-corrected chi connectivity index (χ2v) is 5.54. The van der Waals surface area contributed by atoms with E-state index in [0.717, 1.165) is 21.7 Å². The monoisotopic (exact) mass is 336 g/mol. The highest BCUT2D eigenvalue weighted by atomic mass is 16.5. The van der Waals surface area contributed by atoms with Crippen molar-refractivity contribution in [2.75, 3.05) is 31.6 Å². The average Bonchev–Trinajstić information content (AvgIpc) is 2.50. The normalized spacial score (nSPS) is 11.5. The van der Waals surface area contributed by atoms with Gasteiger partial charge in [0.05, 0.1) is 13.2 Å². The SMILES string of the molecule is CCOC(=O)NC(=O)C[NH+](CC)CC(=O)Nc1c(C)cccc1C. The first-order valence-electron chi connectivity index (χ1n) is 8.03. The molecule has 0 radical (unpaired) electrons. The highest BCUT2D eigenvalue weighted by molar-refractivity contribution is 5.94. The molecule has 24 heavy (non-hydrogen) atoms. The van der Waals surface area contributed by atoms with Crippen LogP contribution >= 0.6 is 0 Å². The molecule has 0 bridgehead atoms. The fourth-order valence-corrected chi connectivity index (χ4v) is 2.29. The highest BCUT2D eigenvalue weighted by Crippen LogP contribution is 2.18. The third kappa shape index (κ3) is 6.37. The molecule has 1 atom stereocenters. The maximum Gasteiger partial charge on any atom is 0.414 e. The number of rotatable bonds is 7. The predicted octanol–water partition coefficient (Wildman–Crippen LogP) is 0.419. The highest BCUT2D eigenvalue weighted by Gasteiger charge is 2.19. The summed E-state index contributed by atoms with van der Waals surface area (Å²) in [6.07, 6.45) is -0.766. The molecule has 0 saturated heterocycles. The van der Waals surface area contributed by atoms with E-state index < -0.39 is 12.0 Å². The van der Waals surface area contributed by atoms with Crippen molar-refractivity contribution in [2.45, 2.75) is 27.7 Å². The molecule has 0 spiro atoms. The van der Waals surface area contributed by atoms with Gasteiger partial charge in [0.15, 0.2) is 13.1 Å². The smallest absolute Gasteiger partial charge is 0.414 e. The number of likely N-dealkylation sites (N-methyl/N-ethyl adjacent to an activating group) is 1. The quantitative estimate of drug-likeness (QED) is 0.673. The molecule has 0 aliphatic rings. The fourth-order valence-electron chi connectivity index (χ4n) is 2.29. The molecule has 132 valence electrons. The number of para-hydroxylation sites is 1. The van der Waals surface area contributed by atoms with Gasteiger partial charge in [0, 0.05) is 5.69 Å². The van der Waals surface area contributed by atoms with Gasteiger partial charge < -0.3 is 15.0 Å². The Hall–Kier alpha value is -2.41. The molecule has 0 fully saturated rings. The third-order valence-electron chi connectivity index (χ3n) is 3.58. The standard InChI is InChI=1S/C17H25N3O4/c1-5-20(11-15(22)19-17(23)24-6-2)10-14(21)18-16-12(3)8-7-9-13(16)4/h7-9H,5-6,10-11H2,1-4H3,(H,18,21)(H,19,22,23)/p+1. The molecule has 7 heteroatoms. The molecule has 3 amide bonds. The largest absolute Gasteiger partial charge is 0.450 e. The molecule has 0 saturated carbocycles. The van der Waals surface area contributed by atoms with E-state index in [-0.39, 0.29) is 25.6 Å². The van der Waals surface area contributed by atoms with Crippen molar-refractivity contribution >= 4 is 23.6 Å². The van der Waals surface area contributed by atoms with E-state index in [2.05, 4.69) is 15.4 Å². The lowest BCUT2D eigenvalue weighted by Gasteiger charge is -2.17. The van der Waals surface area contributed by atoms with Crippen molar-refractivity contribution in [3.8, 4) is 0 Å². The topological polar surface area (TPSA) is 88.9 Å².